The number of hydrogen-bond acceptors (Lipinski definition) is 3. The molecule has 2 N–H and O–H groups in total. The van der Waals surface area contributed by atoms with Gasteiger partial charge in [-0.15, -0.1) is 0 Å². The molecular formula is C11H22F3N3O. The van der Waals surface area contributed by atoms with E-state index in [0.717, 1.165) is 13.0 Å². The van der Waals surface area contributed by atoms with Crippen LogP contribution in [0, 0.1) is 0 Å². The smallest absolute Gasteiger partial charge is 0.355 e. The monoisotopic (exact) mass is 269 g/mol. The third-order valence-corrected chi connectivity index (χ3v) is 2.50. The minimum absolute atomic E-state index is 0.306. The normalized spacial score (nSPS) is 12.2. The van der Waals surface area contributed by atoms with Crippen molar-refractivity contribution in [1.29, 1.82) is 0 Å². The van der Waals surface area contributed by atoms with E-state index >= 15 is 0 Å². The predicted octanol–water partition coefficient (Wildman–Crippen LogP) is 0.985. The van der Waals surface area contributed by atoms with E-state index in [0.29, 0.717) is 12.6 Å². The summed E-state index contributed by atoms with van der Waals surface area (Å²) in [4.78, 5) is 13.3. The van der Waals surface area contributed by atoms with Crippen LogP contribution >= 0.6 is 0 Å². The van der Waals surface area contributed by atoms with Crippen LogP contribution in [0.25, 0.3) is 0 Å². The summed E-state index contributed by atoms with van der Waals surface area (Å²) in [5.74, 6) is -0.411. The van der Waals surface area contributed by atoms with E-state index < -0.39 is 18.6 Å². The van der Waals surface area contributed by atoms with Gasteiger partial charge in [0.2, 0.25) is 5.91 Å². The van der Waals surface area contributed by atoms with E-state index in [1.54, 1.807) is 0 Å². The molecule has 0 bridgehead atoms. The maximum atomic E-state index is 11.8. The van der Waals surface area contributed by atoms with Crippen molar-refractivity contribution in [2.24, 2.45) is 0 Å². The predicted molar refractivity (Wildman–Crippen MR) is 64.3 cm³/mol. The quantitative estimate of drug-likeness (QED) is 0.646. The van der Waals surface area contributed by atoms with Crippen molar-refractivity contribution >= 4 is 5.91 Å². The van der Waals surface area contributed by atoms with E-state index in [2.05, 4.69) is 24.1 Å². The Kier molecular flexibility index (Phi) is 7.93. The Balaban J connectivity index is 3.49. The highest BCUT2D eigenvalue weighted by Gasteiger charge is 2.26. The fourth-order valence-corrected chi connectivity index (χ4v) is 1.19. The Hall–Kier alpha value is -0.820. The highest BCUT2D eigenvalue weighted by atomic mass is 19.4. The lowest BCUT2D eigenvalue weighted by Gasteiger charge is -2.20. The molecular weight excluding hydrogens is 247 g/mol. The van der Waals surface area contributed by atoms with Gasteiger partial charge in [0.1, 0.15) is 0 Å². The van der Waals surface area contributed by atoms with E-state index in [9.17, 15) is 18.0 Å². The highest BCUT2D eigenvalue weighted by molar-refractivity contribution is 5.77. The number of alkyl halides is 3. The molecule has 0 atom stereocenters. The second-order valence-corrected chi connectivity index (χ2v) is 4.50. The molecule has 0 aromatic rings. The summed E-state index contributed by atoms with van der Waals surface area (Å²) in [7, 11) is 1.98. The van der Waals surface area contributed by atoms with Gasteiger partial charge in [-0.1, -0.05) is 0 Å². The van der Waals surface area contributed by atoms with Crippen LogP contribution in [0.2, 0.25) is 0 Å². The van der Waals surface area contributed by atoms with Gasteiger partial charge in [-0.3, -0.25) is 4.79 Å². The zero-order chi connectivity index (χ0) is 14.2. The van der Waals surface area contributed by atoms with Gasteiger partial charge in [0.15, 0.2) is 0 Å². The Morgan fingerprint density at radius 2 is 1.94 bits per heavy atom. The fourth-order valence-electron chi connectivity index (χ4n) is 1.19. The summed E-state index contributed by atoms with van der Waals surface area (Å²) in [5.41, 5.74) is 0. The molecule has 108 valence electrons. The molecule has 0 spiro atoms. The van der Waals surface area contributed by atoms with Gasteiger partial charge < -0.3 is 15.5 Å². The number of nitrogens with zero attached hydrogens (tertiary/aromatic N) is 1. The first kappa shape index (κ1) is 17.2. The summed E-state index contributed by atoms with van der Waals surface area (Å²) < 4.78 is 35.3. The van der Waals surface area contributed by atoms with Gasteiger partial charge in [-0.25, -0.2) is 0 Å². The zero-order valence-electron chi connectivity index (χ0n) is 11.1. The molecule has 18 heavy (non-hydrogen) atoms. The van der Waals surface area contributed by atoms with Crippen LogP contribution in [-0.2, 0) is 4.79 Å². The fraction of sp³-hybridized carbons (Fsp3) is 0.909. The number of hydrogen-bond donors (Lipinski definition) is 2. The van der Waals surface area contributed by atoms with Gasteiger partial charge in [0, 0.05) is 12.6 Å². The van der Waals surface area contributed by atoms with Crippen molar-refractivity contribution in [3.63, 3.8) is 0 Å². The van der Waals surface area contributed by atoms with Crippen molar-refractivity contribution in [1.82, 2.24) is 15.5 Å². The topological polar surface area (TPSA) is 44.4 Å². The first-order chi connectivity index (χ1) is 8.22. The third kappa shape index (κ3) is 10.3. The Labute approximate surface area is 106 Å². The minimum atomic E-state index is -4.28. The Bertz CT molecular complexity index is 244. The number of nitrogens with one attached hydrogen (secondary N) is 2. The molecule has 0 aliphatic heterocycles. The first-order valence-corrected chi connectivity index (χ1v) is 5.97. The van der Waals surface area contributed by atoms with Gasteiger partial charge in [0.25, 0.3) is 0 Å². The van der Waals surface area contributed by atoms with Crippen molar-refractivity contribution < 1.29 is 18.0 Å². The van der Waals surface area contributed by atoms with Crippen LogP contribution in [0.15, 0.2) is 0 Å². The second kappa shape index (κ2) is 8.31. The molecule has 0 saturated carbocycles. The lowest BCUT2D eigenvalue weighted by molar-refractivity contribution is -0.128. The molecule has 0 unspecified atom stereocenters. The number of halogens is 3. The summed E-state index contributed by atoms with van der Waals surface area (Å²) in [6.45, 7) is 4.01. The van der Waals surface area contributed by atoms with Crippen LogP contribution < -0.4 is 10.6 Å². The molecule has 0 aromatic carbocycles. The van der Waals surface area contributed by atoms with Crippen LogP contribution in [-0.4, -0.2) is 56.3 Å². The lowest BCUT2D eigenvalue weighted by Crippen LogP contribution is -2.39. The standard InChI is InChI=1S/C11H22F3N3O/c1-9(2)17(3)6-4-5-16-10(18)7-15-8-11(12,13)14/h9,15H,4-8H2,1-3H3,(H,16,18). The Morgan fingerprint density at radius 3 is 2.44 bits per heavy atom. The molecule has 0 aliphatic rings. The average molecular weight is 269 g/mol. The van der Waals surface area contributed by atoms with Crippen molar-refractivity contribution in [2.75, 3.05) is 33.2 Å². The van der Waals surface area contributed by atoms with E-state index in [4.69, 9.17) is 0 Å². The van der Waals surface area contributed by atoms with Crippen molar-refractivity contribution in [3.05, 3.63) is 0 Å². The van der Waals surface area contributed by atoms with E-state index in [1.165, 1.54) is 0 Å². The van der Waals surface area contributed by atoms with E-state index in [1.807, 2.05) is 12.4 Å². The highest BCUT2D eigenvalue weighted by Crippen LogP contribution is 2.11. The summed E-state index contributed by atoms with van der Waals surface area (Å²) >= 11 is 0. The largest absolute Gasteiger partial charge is 0.401 e. The third-order valence-electron chi connectivity index (χ3n) is 2.50. The molecule has 0 heterocycles. The van der Waals surface area contributed by atoms with Crippen LogP contribution in [0.5, 0.6) is 0 Å². The number of carbonyl (C=O) groups is 1. The van der Waals surface area contributed by atoms with E-state index in [-0.39, 0.29) is 6.54 Å². The second-order valence-electron chi connectivity index (χ2n) is 4.50. The number of rotatable bonds is 8. The Morgan fingerprint density at radius 1 is 1.33 bits per heavy atom. The molecule has 7 heteroatoms. The lowest BCUT2D eigenvalue weighted by atomic mass is 10.3. The number of amides is 1. The molecule has 4 nitrogen and oxygen atoms in total. The summed E-state index contributed by atoms with van der Waals surface area (Å²) in [6, 6.07) is 0.439. The molecule has 0 saturated heterocycles. The average Bonchev–Trinajstić information content (AvgIpc) is 2.22. The molecule has 0 rings (SSSR count). The van der Waals surface area contributed by atoms with Crippen molar-refractivity contribution in [2.45, 2.75) is 32.5 Å². The van der Waals surface area contributed by atoms with Gasteiger partial charge >= 0.3 is 6.18 Å². The molecule has 0 aliphatic carbocycles. The van der Waals surface area contributed by atoms with Crippen LogP contribution in [0.1, 0.15) is 20.3 Å². The maximum Gasteiger partial charge on any atom is 0.401 e. The SMILES string of the molecule is CC(C)N(C)CCCNC(=O)CNCC(F)(F)F. The van der Waals surface area contributed by atoms with Crippen LogP contribution in [0.4, 0.5) is 13.2 Å². The maximum absolute atomic E-state index is 11.8. The summed E-state index contributed by atoms with van der Waals surface area (Å²) in [5, 5.41) is 4.61. The molecule has 0 aromatic heterocycles. The summed E-state index contributed by atoms with van der Waals surface area (Å²) in [6.07, 6.45) is -3.50. The molecule has 1 amide bonds. The first-order valence-electron chi connectivity index (χ1n) is 5.97. The van der Waals surface area contributed by atoms with Gasteiger partial charge in [-0.05, 0) is 33.9 Å². The van der Waals surface area contributed by atoms with Gasteiger partial charge in [-0.2, -0.15) is 13.2 Å². The minimum Gasteiger partial charge on any atom is -0.355 e. The molecule has 0 radical (unpaired) electrons. The van der Waals surface area contributed by atoms with Gasteiger partial charge in [0.05, 0.1) is 13.1 Å². The zero-order valence-corrected chi connectivity index (χ0v) is 11.1. The number of carbonyl (C=O) groups excluding carboxylic acids is 1. The van der Waals surface area contributed by atoms with Crippen molar-refractivity contribution in [3.8, 4) is 0 Å². The van der Waals surface area contributed by atoms with Crippen LogP contribution in [0.3, 0.4) is 0 Å². The molecule has 0 fully saturated rings.